The Morgan fingerprint density at radius 3 is 2.68 bits per heavy atom. The van der Waals surface area contributed by atoms with E-state index in [4.69, 9.17) is 0 Å². The zero-order chi connectivity index (χ0) is 18.1. The Morgan fingerprint density at radius 1 is 1.24 bits per heavy atom. The van der Waals surface area contributed by atoms with Crippen LogP contribution in [0.2, 0.25) is 0 Å². The average molecular weight is 344 g/mol. The van der Waals surface area contributed by atoms with Crippen LogP contribution in [0, 0.1) is 19.8 Å². The lowest BCUT2D eigenvalue weighted by Crippen LogP contribution is -2.51. The highest BCUT2D eigenvalue weighted by Crippen LogP contribution is 2.29. The summed E-state index contributed by atoms with van der Waals surface area (Å²) in [6, 6.07) is 0.283. The number of nitrogens with zero attached hydrogens (tertiary/aromatic N) is 4. The van der Waals surface area contributed by atoms with Crippen LogP contribution in [0.1, 0.15) is 42.6 Å². The first-order valence-electron chi connectivity index (χ1n) is 9.11. The first kappa shape index (κ1) is 17.7. The Bertz CT molecular complexity index is 707. The van der Waals surface area contributed by atoms with Crippen LogP contribution in [0.5, 0.6) is 0 Å². The fourth-order valence-electron chi connectivity index (χ4n) is 4.18. The highest BCUT2D eigenvalue weighted by molar-refractivity contribution is 5.92. The fraction of sp³-hybridized carbons (Fsp3) is 0.632. The van der Waals surface area contributed by atoms with Gasteiger partial charge in [0.05, 0.1) is 5.69 Å². The first-order chi connectivity index (χ1) is 11.9. The molecular weight excluding hydrogens is 316 g/mol. The average Bonchev–Trinajstić information content (AvgIpc) is 2.74. The van der Waals surface area contributed by atoms with E-state index in [0.29, 0.717) is 18.9 Å². The number of likely N-dealkylation sites (tertiary alicyclic amines) is 2. The van der Waals surface area contributed by atoms with Gasteiger partial charge in [0.1, 0.15) is 0 Å². The number of fused-ring (bicyclic) bond motifs is 1. The number of aryl methyl sites for hydroxylation is 2. The molecule has 0 spiro atoms. The van der Waals surface area contributed by atoms with Crippen molar-refractivity contribution in [2.45, 2.75) is 45.6 Å². The Hall–Kier alpha value is -2.11. The maximum Gasteiger partial charge on any atom is 0.246 e. The molecule has 6 heteroatoms. The van der Waals surface area contributed by atoms with Crippen molar-refractivity contribution in [3.05, 3.63) is 23.0 Å². The molecule has 6 nitrogen and oxygen atoms in total. The number of piperidine rings is 1. The summed E-state index contributed by atoms with van der Waals surface area (Å²) in [5.41, 5.74) is 3.02. The SMILES string of the molecule is Cc1nn(C)c(C)c1/C=C/C(=O)N1CC[C@@H]2[C@H](CCCC(=O)N2C)C1. The smallest absolute Gasteiger partial charge is 0.246 e. The first-order valence-corrected chi connectivity index (χ1v) is 9.11. The fourth-order valence-corrected chi connectivity index (χ4v) is 4.18. The largest absolute Gasteiger partial charge is 0.342 e. The molecule has 0 radical (unpaired) electrons. The maximum atomic E-state index is 12.6. The molecule has 2 amide bonds. The molecule has 0 saturated carbocycles. The Labute approximate surface area is 149 Å². The van der Waals surface area contributed by atoms with E-state index >= 15 is 0 Å². The third kappa shape index (κ3) is 3.48. The van der Waals surface area contributed by atoms with Crippen molar-refractivity contribution in [1.29, 1.82) is 0 Å². The summed E-state index contributed by atoms with van der Waals surface area (Å²) in [7, 11) is 3.83. The molecule has 136 valence electrons. The number of carbonyl (C=O) groups excluding carboxylic acids is 2. The zero-order valence-corrected chi connectivity index (χ0v) is 15.7. The number of carbonyl (C=O) groups is 2. The zero-order valence-electron chi connectivity index (χ0n) is 15.7. The van der Waals surface area contributed by atoms with Crippen LogP contribution in [0.15, 0.2) is 6.08 Å². The van der Waals surface area contributed by atoms with Crippen LogP contribution in [0.3, 0.4) is 0 Å². The highest BCUT2D eigenvalue weighted by Gasteiger charge is 2.36. The molecule has 2 atom stereocenters. The number of aromatic nitrogens is 2. The molecule has 25 heavy (non-hydrogen) atoms. The summed E-state index contributed by atoms with van der Waals surface area (Å²) in [5, 5.41) is 4.38. The topological polar surface area (TPSA) is 58.4 Å². The Morgan fingerprint density at radius 2 is 2.00 bits per heavy atom. The monoisotopic (exact) mass is 344 g/mol. The Kier molecular flexibility index (Phi) is 4.97. The van der Waals surface area contributed by atoms with E-state index in [9.17, 15) is 9.59 Å². The molecule has 2 saturated heterocycles. The van der Waals surface area contributed by atoms with Crippen molar-refractivity contribution in [2.75, 3.05) is 20.1 Å². The van der Waals surface area contributed by atoms with Gasteiger partial charge in [-0.05, 0) is 45.1 Å². The molecule has 0 N–H and O–H groups in total. The molecule has 0 aliphatic carbocycles. The lowest BCUT2D eigenvalue weighted by Gasteiger charge is -2.41. The van der Waals surface area contributed by atoms with E-state index < -0.39 is 0 Å². The number of hydrogen-bond donors (Lipinski definition) is 0. The molecule has 3 heterocycles. The van der Waals surface area contributed by atoms with E-state index in [1.165, 1.54) is 0 Å². The van der Waals surface area contributed by atoms with Crippen LogP contribution in [0.25, 0.3) is 6.08 Å². The minimum absolute atomic E-state index is 0.0549. The number of hydrogen-bond acceptors (Lipinski definition) is 3. The van der Waals surface area contributed by atoms with Gasteiger partial charge in [-0.1, -0.05) is 0 Å². The van der Waals surface area contributed by atoms with Gasteiger partial charge >= 0.3 is 0 Å². The van der Waals surface area contributed by atoms with E-state index in [2.05, 4.69) is 5.10 Å². The van der Waals surface area contributed by atoms with Gasteiger partial charge in [-0.2, -0.15) is 5.10 Å². The lowest BCUT2D eigenvalue weighted by atomic mass is 9.88. The summed E-state index contributed by atoms with van der Waals surface area (Å²) in [4.78, 5) is 28.5. The molecule has 0 aromatic carbocycles. The minimum atomic E-state index is 0.0549. The van der Waals surface area contributed by atoms with Crippen LogP contribution < -0.4 is 0 Å². The molecule has 1 aromatic rings. The second-order valence-electron chi connectivity index (χ2n) is 7.34. The summed E-state index contributed by atoms with van der Waals surface area (Å²) in [5.74, 6) is 0.693. The molecular formula is C19H28N4O2. The van der Waals surface area contributed by atoms with Gasteiger partial charge in [0.2, 0.25) is 11.8 Å². The van der Waals surface area contributed by atoms with Crippen molar-refractivity contribution < 1.29 is 9.59 Å². The number of amides is 2. The van der Waals surface area contributed by atoms with E-state index in [1.54, 1.807) is 6.08 Å². The highest BCUT2D eigenvalue weighted by atomic mass is 16.2. The second kappa shape index (κ2) is 7.02. The van der Waals surface area contributed by atoms with Crippen LogP contribution >= 0.6 is 0 Å². The van der Waals surface area contributed by atoms with Gasteiger partial charge in [0, 0.05) is 57.0 Å². The van der Waals surface area contributed by atoms with Crippen molar-refractivity contribution in [3.8, 4) is 0 Å². The summed E-state index contributed by atoms with van der Waals surface area (Å²) in [6.07, 6.45) is 7.01. The van der Waals surface area contributed by atoms with Crippen molar-refractivity contribution in [2.24, 2.45) is 13.0 Å². The van der Waals surface area contributed by atoms with Crippen LogP contribution in [-0.2, 0) is 16.6 Å². The molecule has 2 fully saturated rings. The summed E-state index contributed by atoms with van der Waals surface area (Å²) < 4.78 is 1.84. The molecule has 2 aliphatic rings. The summed E-state index contributed by atoms with van der Waals surface area (Å²) >= 11 is 0. The second-order valence-corrected chi connectivity index (χ2v) is 7.34. The predicted octanol–water partition coefficient (Wildman–Crippen LogP) is 1.91. The maximum absolute atomic E-state index is 12.6. The quantitative estimate of drug-likeness (QED) is 0.770. The molecule has 1 aromatic heterocycles. The molecule has 3 rings (SSSR count). The third-order valence-corrected chi connectivity index (χ3v) is 5.82. The number of rotatable bonds is 2. The van der Waals surface area contributed by atoms with Gasteiger partial charge in [-0.25, -0.2) is 0 Å². The predicted molar refractivity (Wildman–Crippen MR) is 96.8 cm³/mol. The van der Waals surface area contributed by atoms with Crippen molar-refractivity contribution >= 4 is 17.9 Å². The standard InChI is InChI=1S/C19H28N4O2/c1-13-16(14(2)22(4)20-13)8-9-19(25)23-11-10-17-15(12-23)6-5-7-18(24)21(17)3/h8-9,15,17H,5-7,10-12H2,1-4H3/b9-8+/t15-,17-/m1/s1. The Balaban J connectivity index is 1.68. The van der Waals surface area contributed by atoms with E-state index in [-0.39, 0.29) is 17.9 Å². The van der Waals surface area contributed by atoms with Gasteiger partial charge in [0.25, 0.3) is 0 Å². The van der Waals surface area contributed by atoms with E-state index in [0.717, 1.165) is 42.8 Å². The third-order valence-electron chi connectivity index (χ3n) is 5.82. The molecule has 2 aliphatic heterocycles. The van der Waals surface area contributed by atoms with Gasteiger partial charge in [0.15, 0.2) is 0 Å². The van der Waals surface area contributed by atoms with E-state index in [1.807, 2.05) is 48.5 Å². The van der Waals surface area contributed by atoms with Crippen LogP contribution in [-0.4, -0.2) is 57.6 Å². The van der Waals surface area contributed by atoms with Gasteiger partial charge in [-0.3, -0.25) is 14.3 Å². The lowest BCUT2D eigenvalue weighted by molar-refractivity contribution is -0.134. The molecule has 0 unspecified atom stereocenters. The van der Waals surface area contributed by atoms with Gasteiger partial charge in [-0.15, -0.1) is 0 Å². The van der Waals surface area contributed by atoms with Crippen molar-refractivity contribution in [3.63, 3.8) is 0 Å². The van der Waals surface area contributed by atoms with Gasteiger partial charge < -0.3 is 9.80 Å². The minimum Gasteiger partial charge on any atom is -0.342 e. The van der Waals surface area contributed by atoms with Crippen molar-refractivity contribution in [1.82, 2.24) is 19.6 Å². The molecule has 0 bridgehead atoms. The summed E-state index contributed by atoms with van der Waals surface area (Å²) in [6.45, 7) is 5.43. The van der Waals surface area contributed by atoms with Crippen LogP contribution in [0.4, 0.5) is 0 Å². The normalized spacial score (nSPS) is 24.6.